The number of nitrogens with zero attached hydrogens (tertiary/aromatic N) is 4. The zero-order chi connectivity index (χ0) is 33.5. The van der Waals surface area contributed by atoms with Gasteiger partial charge in [-0.1, -0.05) is 0 Å². The van der Waals surface area contributed by atoms with Crippen molar-refractivity contribution in [2.24, 2.45) is 0 Å². The van der Waals surface area contributed by atoms with Crippen molar-refractivity contribution in [2.75, 3.05) is 39.3 Å². The van der Waals surface area contributed by atoms with Crippen molar-refractivity contribution in [1.82, 2.24) is 34.6 Å². The third-order valence-corrected chi connectivity index (χ3v) is 6.72. The van der Waals surface area contributed by atoms with Gasteiger partial charge in [0.25, 0.3) is 0 Å². The maximum Gasteiger partial charge on any atom is 0.234 e. The molecule has 0 bridgehead atoms. The van der Waals surface area contributed by atoms with E-state index in [0.717, 1.165) is 0 Å². The molecule has 16 heteroatoms. The van der Waals surface area contributed by atoms with Crippen molar-refractivity contribution in [3.63, 3.8) is 0 Å². The second-order valence-corrected chi connectivity index (χ2v) is 10.6. The number of hydrogen-bond donors (Lipinski definition) is 6. The van der Waals surface area contributed by atoms with Crippen LogP contribution in [-0.4, -0.2) is 90.9 Å². The lowest BCUT2D eigenvalue weighted by Gasteiger charge is -2.21. The van der Waals surface area contributed by atoms with E-state index in [-0.39, 0.29) is 56.5 Å². The monoisotopic (exact) mass is 641 g/mol. The van der Waals surface area contributed by atoms with Gasteiger partial charge in [0, 0.05) is 94.6 Å². The van der Waals surface area contributed by atoms with Gasteiger partial charge in [0.05, 0.1) is 19.6 Å². The predicted octanol–water partition coefficient (Wildman–Crippen LogP) is -1.49. The van der Waals surface area contributed by atoms with Crippen LogP contribution in [-0.2, 0) is 34.0 Å². The number of amides is 3. The van der Waals surface area contributed by atoms with Crippen molar-refractivity contribution in [2.45, 2.75) is 38.9 Å². The summed E-state index contributed by atoms with van der Waals surface area (Å²) in [6.07, 6.45) is 9.98. The van der Waals surface area contributed by atoms with Gasteiger partial charge in [-0.3, -0.25) is 33.7 Å². The number of carbonyl (C=O) groups is 3. The van der Waals surface area contributed by atoms with Crippen LogP contribution in [0, 0.1) is 0 Å². The number of nitrogens with one attached hydrogen (secondary N) is 3. The molecule has 0 saturated heterocycles. The van der Waals surface area contributed by atoms with Gasteiger partial charge >= 0.3 is 0 Å². The number of aromatic hydroxyl groups is 3. The van der Waals surface area contributed by atoms with Crippen molar-refractivity contribution >= 4 is 17.7 Å². The predicted molar refractivity (Wildman–Crippen MR) is 166 cm³/mol. The van der Waals surface area contributed by atoms with Crippen LogP contribution in [0.1, 0.15) is 19.3 Å². The van der Waals surface area contributed by atoms with Gasteiger partial charge in [-0.25, -0.2) is 0 Å². The summed E-state index contributed by atoms with van der Waals surface area (Å²) >= 11 is 0. The molecule has 46 heavy (non-hydrogen) atoms. The van der Waals surface area contributed by atoms with Crippen LogP contribution in [0.15, 0.2) is 69.8 Å². The number of hydrogen-bond acceptors (Lipinski definition) is 10. The molecule has 0 spiro atoms. The summed E-state index contributed by atoms with van der Waals surface area (Å²) in [5.74, 6) is -2.32. The minimum absolute atomic E-state index is 0.229. The quantitative estimate of drug-likeness (QED) is 0.0885. The average molecular weight is 642 g/mol. The van der Waals surface area contributed by atoms with Crippen molar-refractivity contribution in [1.29, 1.82) is 0 Å². The Hall–Kier alpha value is -5.38. The van der Waals surface area contributed by atoms with Gasteiger partial charge < -0.3 is 45.0 Å². The van der Waals surface area contributed by atoms with Gasteiger partial charge in [-0.15, -0.1) is 0 Å². The maximum absolute atomic E-state index is 12.7. The van der Waals surface area contributed by atoms with Crippen molar-refractivity contribution in [3.8, 4) is 17.2 Å². The topological polar surface area (TPSA) is 217 Å². The summed E-state index contributed by atoms with van der Waals surface area (Å²) in [4.78, 5) is 73.4. The fourth-order valence-electron chi connectivity index (χ4n) is 4.37. The molecule has 0 fully saturated rings. The van der Waals surface area contributed by atoms with E-state index in [1.165, 1.54) is 60.3 Å². The summed E-state index contributed by atoms with van der Waals surface area (Å²) in [6.45, 7) is 1.44. The van der Waals surface area contributed by atoms with E-state index in [4.69, 9.17) is 0 Å². The lowest BCUT2D eigenvalue weighted by molar-refractivity contribution is -0.127. The third-order valence-electron chi connectivity index (χ3n) is 6.72. The molecule has 3 amide bonds. The Morgan fingerprint density at radius 3 is 1.09 bits per heavy atom. The Bertz CT molecular complexity index is 1470. The van der Waals surface area contributed by atoms with Crippen LogP contribution in [0.25, 0.3) is 0 Å². The van der Waals surface area contributed by atoms with E-state index in [9.17, 15) is 44.1 Å². The Labute approximate surface area is 263 Å². The molecular weight excluding hydrogens is 602 g/mol. The van der Waals surface area contributed by atoms with Crippen molar-refractivity contribution < 1.29 is 29.7 Å². The van der Waals surface area contributed by atoms with E-state index in [0.29, 0.717) is 38.9 Å². The summed E-state index contributed by atoms with van der Waals surface area (Å²) in [6, 6.07) is 3.72. The molecule has 16 nitrogen and oxygen atoms in total. The molecule has 3 heterocycles. The fraction of sp³-hybridized carbons (Fsp3) is 0.400. The SMILES string of the molecule is O=C(CN(CC(=O)NCCCn1ccc(=O)c(O)c1)CC(=O)NCCCn1ccc(=O)c(O)c1)NCCCn1ccc(=O)c(O)c1. The minimum Gasteiger partial charge on any atom is -0.503 e. The molecule has 248 valence electrons. The van der Waals surface area contributed by atoms with E-state index in [2.05, 4.69) is 16.0 Å². The summed E-state index contributed by atoms with van der Waals surface area (Å²) in [5.41, 5.74) is -1.45. The first kappa shape index (κ1) is 35.1. The first-order valence-corrected chi connectivity index (χ1v) is 14.7. The van der Waals surface area contributed by atoms with Crippen LogP contribution in [0.5, 0.6) is 17.2 Å². The highest BCUT2D eigenvalue weighted by atomic mass is 16.3. The second kappa shape index (κ2) is 17.8. The lowest BCUT2D eigenvalue weighted by atomic mass is 10.3. The molecule has 0 unspecified atom stereocenters. The molecule has 3 aromatic rings. The molecule has 6 N–H and O–H groups in total. The van der Waals surface area contributed by atoms with Crippen LogP contribution >= 0.6 is 0 Å². The fourth-order valence-corrected chi connectivity index (χ4v) is 4.37. The molecule has 3 rings (SSSR count). The Balaban J connectivity index is 1.46. The van der Waals surface area contributed by atoms with Gasteiger partial charge in [0.1, 0.15) is 0 Å². The molecule has 3 aromatic heterocycles. The van der Waals surface area contributed by atoms with E-state index < -0.39 is 34.0 Å². The standard InChI is InChI=1S/C30H39N7O9/c38-22-4-13-34(16-25(22)41)10-1-7-31-28(44)19-37(20-29(45)32-8-2-11-35-14-5-23(39)26(42)17-35)21-30(46)33-9-3-12-36-15-6-24(40)27(43)18-36/h4-6,13-18,41-43H,1-3,7-12,19-21H2,(H,31,44)(H,32,45)(H,33,46). The van der Waals surface area contributed by atoms with Crippen LogP contribution < -0.4 is 32.2 Å². The average Bonchev–Trinajstić information content (AvgIpc) is 3.01. The number of rotatable bonds is 18. The first-order chi connectivity index (χ1) is 22.0. The molecule has 0 atom stereocenters. The summed E-state index contributed by atoms with van der Waals surface area (Å²) < 4.78 is 4.85. The van der Waals surface area contributed by atoms with Crippen LogP contribution in [0.3, 0.4) is 0 Å². The summed E-state index contributed by atoms with van der Waals surface area (Å²) in [7, 11) is 0. The number of carbonyl (C=O) groups excluding carboxylic acids is 3. The molecule has 0 aliphatic rings. The molecule has 0 aliphatic heterocycles. The summed E-state index contributed by atoms with van der Waals surface area (Å²) in [5, 5.41) is 36.9. The first-order valence-electron chi connectivity index (χ1n) is 14.7. The largest absolute Gasteiger partial charge is 0.503 e. The number of pyridine rings is 3. The van der Waals surface area contributed by atoms with Crippen molar-refractivity contribution in [3.05, 3.63) is 86.1 Å². The zero-order valence-electron chi connectivity index (χ0n) is 25.3. The maximum atomic E-state index is 12.7. The van der Waals surface area contributed by atoms with E-state index >= 15 is 0 Å². The van der Waals surface area contributed by atoms with E-state index in [1.54, 1.807) is 13.7 Å². The highest BCUT2D eigenvalue weighted by molar-refractivity contribution is 5.84. The molecule has 0 radical (unpaired) electrons. The molecule has 0 aliphatic carbocycles. The third kappa shape index (κ3) is 12.3. The van der Waals surface area contributed by atoms with E-state index in [1.807, 2.05) is 0 Å². The van der Waals surface area contributed by atoms with Crippen LogP contribution in [0.2, 0.25) is 0 Å². The number of aryl methyl sites for hydroxylation is 3. The highest BCUT2D eigenvalue weighted by Gasteiger charge is 2.18. The molecular formula is C30H39N7O9. The van der Waals surface area contributed by atoms with Gasteiger partial charge in [0.2, 0.25) is 34.0 Å². The zero-order valence-corrected chi connectivity index (χ0v) is 25.3. The highest BCUT2D eigenvalue weighted by Crippen LogP contribution is 2.02. The second-order valence-electron chi connectivity index (χ2n) is 10.6. The minimum atomic E-state index is -0.485. The Morgan fingerprint density at radius 1 is 0.543 bits per heavy atom. The Kier molecular flexibility index (Phi) is 13.6. The van der Waals surface area contributed by atoms with Crippen LogP contribution in [0.4, 0.5) is 0 Å². The molecule has 0 saturated carbocycles. The van der Waals surface area contributed by atoms with Gasteiger partial charge in [-0.2, -0.15) is 0 Å². The number of aromatic nitrogens is 3. The smallest absolute Gasteiger partial charge is 0.234 e. The lowest BCUT2D eigenvalue weighted by Crippen LogP contribution is -2.47. The molecule has 0 aromatic carbocycles. The van der Waals surface area contributed by atoms with Gasteiger partial charge in [-0.05, 0) is 19.3 Å². The van der Waals surface area contributed by atoms with Gasteiger partial charge in [0.15, 0.2) is 17.2 Å². The normalized spacial score (nSPS) is 10.9. The Morgan fingerprint density at radius 2 is 0.826 bits per heavy atom.